The molecule has 0 aliphatic heterocycles. The Morgan fingerprint density at radius 1 is 1.18 bits per heavy atom. The zero-order chi connectivity index (χ0) is 27.8. The van der Waals surface area contributed by atoms with Gasteiger partial charge in [0.15, 0.2) is 0 Å². The molecule has 3 aromatic rings. The second-order valence-electron chi connectivity index (χ2n) is 11.7. The van der Waals surface area contributed by atoms with Crippen LogP contribution in [0.4, 0.5) is 24.8 Å². The second-order valence-corrected chi connectivity index (χ2v) is 11.7. The van der Waals surface area contributed by atoms with Crippen molar-refractivity contribution in [3.8, 4) is 5.75 Å². The first-order valence-electron chi connectivity index (χ1n) is 13.1. The van der Waals surface area contributed by atoms with Crippen LogP contribution in [0, 0.1) is 17.3 Å². The molecule has 1 aliphatic carbocycles. The van der Waals surface area contributed by atoms with Crippen molar-refractivity contribution in [2.75, 3.05) is 12.4 Å². The topological polar surface area (TPSA) is 68.3 Å². The SMILES string of the molecule is CC(C)/C=C(/c1ccc2c(c1)nc(Nc1ccc(OC(F)(F)F)cc1)n2[C@@H]1C[C@H](C)CC(C)(C)C1)N(C)N. The minimum absolute atomic E-state index is 0.183. The fraction of sp³-hybridized carbons (Fsp3) is 0.483. The van der Waals surface area contributed by atoms with Crippen LogP contribution in [0.3, 0.4) is 0 Å². The van der Waals surface area contributed by atoms with Gasteiger partial charge < -0.3 is 19.6 Å². The molecule has 0 bridgehead atoms. The molecule has 38 heavy (non-hydrogen) atoms. The van der Waals surface area contributed by atoms with Crippen molar-refractivity contribution in [1.29, 1.82) is 0 Å². The molecule has 0 amide bonds. The molecule has 3 N–H and O–H groups in total. The van der Waals surface area contributed by atoms with E-state index in [0.717, 1.165) is 41.6 Å². The lowest BCUT2D eigenvalue weighted by atomic mass is 9.70. The van der Waals surface area contributed by atoms with Gasteiger partial charge in [-0.25, -0.2) is 10.8 Å². The van der Waals surface area contributed by atoms with E-state index in [1.165, 1.54) is 12.1 Å². The molecule has 1 aliphatic rings. The monoisotopic (exact) mass is 529 g/mol. The molecular weight excluding hydrogens is 491 g/mol. The van der Waals surface area contributed by atoms with Crippen LogP contribution in [0.5, 0.6) is 5.75 Å². The molecule has 1 aromatic heterocycles. The van der Waals surface area contributed by atoms with Crippen LogP contribution in [-0.2, 0) is 0 Å². The van der Waals surface area contributed by atoms with E-state index in [9.17, 15) is 13.2 Å². The summed E-state index contributed by atoms with van der Waals surface area (Å²) < 4.78 is 44.1. The average Bonchev–Trinajstić information content (AvgIpc) is 3.13. The number of fused-ring (bicyclic) bond motifs is 1. The number of hydrazine groups is 1. The third-order valence-electron chi connectivity index (χ3n) is 6.93. The Bertz CT molecular complexity index is 1290. The Kier molecular flexibility index (Phi) is 7.70. The summed E-state index contributed by atoms with van der Waals surface area (Å²) in [5.41, 5.74) is 4.53. The van der Waals surface area contributed by atoms with Gasteiger partial charge in [-0.2, -0.15) is 0 Å². The van der Waals surface area contributed by atoms with Crippen molar-refractivity contribution in [2.45, 2.75) is 66.3 Å². The largest absolute Gasteiger partial charge is 0.573 e. The molecule has 1 heterocycles. The van der Waals surface area contributed by atoms with Gasteiger partial charge in [0, 0.05) is 24.3 Å². The molecule has 0 saturated heterocycles. The van der Waals surface area contributed by atoms with Gasteiger partial charge in [0.1, 0.15) is 5.75 Å². The summed E-state index contributed by atoms with van der Waals surface area (Å²) in [7, 11) is 1.82. The van der Waals surface area contributed by atoms with E-state index in [1.54, 1.807) is 17.1 Å². The van der Waals surface area contributed by atoms with E-state index >= 15 is 0 Å². The van der Waals surface area contributed by atoms with E-state index in [2.05, 4.69) is 67.4 Å². The van der Waals surface area contributed by atoms with E-state index in [-0.39, 0.29) is 17.2 Å². The van der Waals surface area contributed by atoms with Crippen LogP contribution in [0.15, 0.2) is 48.5 Å². The van der Waals surface area contributed by atoms with Crippen molar-refractivity contribution >= 4 is 28.4 Å². The number of benzene rings is 2. The van der Waals surface area contributed by atoms with Gasteiger partial charge in [0.05, 0.1) is 16.7 Å². The van der Waals surface area contributed by atoms with Gasteiger partial charge in [-0.1, -0.05) is 46.8 Å². The predicted octanol–water partition coefficient (Wildman–Crippen LogP) is 7.87. The number of alkyl halides is 3. The second kappa shape index (κ2) is 10.5. The maximum Gasteiger partial charge on any atom is 0.573 e. The number of anilines is 2. The van der Waals surface area contributed by atoms with Crippen LogP contribution in [-0.4, -0.2) is 28.0 Å². The minimum Gasteiger partial charge on any atom is -0.406 e. The molecule has 1 saturated carbocycles. The molecule has 0 unspecified atom stereocenters. The molecule has 6 nitrogen and oxygen atoms in total. The zero-order valence-electron chi connectivity index (χ0n) is 22.9. The average molecular weight is 530 g/mol. The smallest absolute Gasteiger partial charge is 0.406 e. The number of nitrogens with one attached hydrogen (secondary N) is 1. The van der Waals surface area contributed by atoms with Gasteiger partial charge in [-0.05, 0) is 72.9 Å². The van der Waals surface area contributed by atoms with Gasteiger partial charge in [-0.15, -0.1) is 13.2 Å². The normalized spacial score (nSPS) is 20.1. The highest BCUT2D eigenvalue weighted by Gasteiger charge is 2.35. The number of hydrogen-bond donors (Lipinski definition) is 2. The fourth-order valence-electron chi connectivity index (χ4n) is 5.81. The summed E-state index contributed by atoms with van der Waals surface area (Å²) in [4.78, 5) is 4.97. The molecule has 0 radical (unpaired) electrons. The number of imidazole rings is 1. The quantitative estimate of drug-likeness (QED) is 0.241. The number of hydrogen-bond acceptors (Lipinski definition) is 5. The summed E-state index contributed by atoms with van der Waals surface area (Å²) in [6, 6.07) is 12.2. The number of nitrogens with two attached hydrogens (primary N) is 1. The molecule has 9 heteroatoms. The summed E-state index contributed by atoms with van der Waals surface area (Å²) in [5.74, 6) is 7.42. The molecule has 1 fully saturated rings. The van der Waals surface area contributed by atoms with E-state index in [0.29, 0.717) is 23.5 Å². The Balaban J connectivity index is 1.77. The summed E-state index contributed by atoms with van der Waals surface area (Å²) >= 11 is 0. The van der Waals surface area contributed by atoms with Gasteiger partial charge in [0.2, 0.25) is 5.95 Å². The van der Waals surface area contributed by atoms with Gasteiger partial charge in [0.25, 0.3) is 0 Å². The maximum absolute atomic E-state index is 12.6. The van der Waals surface area contributed by atoms with Crippen molar-refractivity contribution in [3.05, 3.63) is 54.1 Å². The third kappa shape index (κ3) is 6.62. The van der Waals surface area contributed by atoms with E-state index in [4.69, 9.17) is 10.8 Å². The summed E-state index contributed by atoms with van der Waals surface area (Å²) in [6.07, 6.45) is 0.573. The lowest BCUT2D eigenvalue weighted by Gasteiger charge is -2.40. The Morgan fingerprint density at radius 2 is 1.87 bits per heavy atom. The van der Waals surface area contributed by atoms with Crippen molar-refractivity contribution in [2.24, 2.45) is 23.1 Å². The first-order chi connectivity index (χ1) is 17.7. The molecule has 2 atom stereocenters. The van der Waals surface area contributed by atoms with Crippen molar-refractivity contribution in [1.82, 2.24) is 14.6 Å². The van der Waals surface area contributed by atoms with E-state index < -0.39 is 6.36 Å². The Morgan fingerprint density at radius 3 is 2.45 bits per heavy atom. The fourth-order valence-corrected chi connectivity index (χ4v) is 5.81. The first-order valence-corrected chi connectivity index (χ1v) is 13.1. The molecule has 206 valence electrons. The molecular formula is C29H38F3N5O. The van der Waals surface area contributed by atoms with Crippen LogP contribution in [0.25, 0.3) is 16.7 Å². The highest BCUT2D eigenvalue weighted by molar-refractivity contribution is 5.84. The molecule has 2 aromatic carbocycles. The lowest BCUT2D eigenvalue weighted by molar-refractivity contribution is -0.274. The van der Waals surface area contributed by atoms with Crippen LogP contribution in [0.2, 0.25) is 0 Å². The molecule has 4 rings (SSSR count). The van der Waals surface area contributed by atoms with Crippen molar-refractivity contribution < 1.29 is 17.9 Å². The Hall–Kier alpha value is -3.20. The minimum atomic E-state index is -4.73. The first kappa shape index (κ1) is 27.8. The van der Waals surface area contributed by atoms with Crippen LogP contribution < -0.4 is 15.9 Å². The highest BCUT2D eigenvalue weighted by Crippen LogP contribution is 2.46. The lowest BCUT2D eigenvalue weighted by Crippen LogP contribution is -2.29. The van der Waals surface area contributed by atoms with Gasteiger partial charge >= 0.3 is 6.36 Å². The highest BCUT2D eigenvalue weighted by atomic mass is 19.4. The van der Waals surface area contributed by atoms with Crippen molar-refractivity contribution in [3.63, 3.8) is 0 Å². The summed E-state index contributed by atoms with van der Waals surface area (Å²) in [5, 5.41) is 4.98. The number of aromatic nitrogens is 2. The number of halogens is 3. The maximum atomic E-state index is 12.6. The summed E-state index contributed by atoms with van der Waals surface area (Å²) in [6.45, 7) is 11.1. The van der Waals surface area contributed by atoms with Crippen LogP contribution >= 0.6 is 0 Å². The number of allylic oxidation sites excluding steroid dienone is 1. The number of ether oxygens (including phenoxy) is 1. The van der Waals surface area contributed by atoms with E-state index in [1.807, 2.05) is 13.1 Å². The zero-order valence-corrected chi connectivity index (χ0v) is 22.9. The third-order valence-corrected chi connectivity index (χ3v) is 6.93. The predicted molar refractivity (Wildman–Crippen MR) is 147 cm³/mol. The standard InChI is InChI=1S/C29H38F3N5O/c1-18(2)13-26(36(6)33)20-7-12-25-24(15-20)35-27(37(25)22-14-19(3)16-28(4,5)17-22)34-21-8-10-23(11-9-21)38-29(30,31)32/h7-13,15,18-19,22H,14,16-17,33H2,1-6H3,(H,34,35)/b26-13-/t19-,22+/m0/s1. The van der Waals surface area contributed by atoms with Gasteiger partial charge in [-0.3, -0.25) is 0 Å². The molecule has 0 spiro atoms. The Labute approximate surface area is 222 Å². The number of nitrogens with zero attached hydrogens (tertiary/aromatic N) is 3. The van der Waals surface area contributed by atoms with Crippen LogP contribution in [0.1, 0.15) is 65.5 Å². The number of rotatable bonds is 7.